The molecule has 8 heteroatoms. The molecule has 0 saturated carbocycles. The molecule has 3 aromatic rings. The standard InChI is InChI=1S/C25H26F3N3OS/c26-25(27,28)20-11-12-22-21(15-20)30-24(31(22)16-19-9-5-2-6-10-19)33-17-23(32)29-14-13-18-7-3-1-4-8-18/h2,5-7,9-12,15H,1,3-4,8,13-14,16-17H2,(H,29,32). The highest BCUT2D eigenvalue weighted by molar-refractivity contribution is 7.99. The van der Waals surface area contributed by atoms with Crippen LogP contribution in [0.3, 0.4) is 0 Å². The average Bonchev–Trinajstić information content (AvgIpc) is 3.15. The number of nitrogens with one attached hydrogen (secondary N) is 1. The number of hydrogen-bond acceptors (Lipinski definition) is 3. The topological polar surface area (TPSA) is 46.9 Å². The van der Waals surface area contributed by atoms with E-state index in [1.54, 1.807) is 0 Å². The van der Waals surface area contributed by atoms with Crippen LogP contribution in [0.2, 0.25) is 0 Å². The fourth-order valence-electron chi connectivity index (χ4n) is 3.99. The number of thioether (sulfide) groups is 1. The Hall–Kier alpha value is -2.74. The van der Waals surface area contributed by atoms with Gasteiger partial charge in [0.2, 0.25) is 5.91 Å². The molecule has 0 bridgehead atoms. The third kappa shape index (κ3) is 6.19. The summed E-state index contributed by atoms with van der Waals surface area (Å²) in [5.74, 6) is 0.0502. The third-order valence-electron chi connectivity index (χ3n) is 5.71. The number of benzene rings is 2. The second kappa shape index (κ2) is 10.5. The van der Waals surface area contributed by atoms with Gasteiger partial charge in [0.15, 0.2) is 5.16 Å². The Bertz CT molecular complexity index is 1140. The molecule has 2 aromatic carbocycles. The van der Waals surface area contributed by atoms with Crippen LogP contribution in [0.25, 0.3) is 11.0 Å². The highest BCUT2D eigenvalue weighted by atomic mass is 32.2. The number of carbonyl (C=O) groups is 1. The molecule has 4 rings (SSSR count). The lowest BCUT2D eigenvalue weighted by Gasteiger charge is -2.13. The molecule has 4 nitrogen and oxygen atoms in total. The first-order valence-electron chi connectivity index (χ1n) is 11.1. The summed E-state index contributed by atoms with van der Waals surface area (Å²) in [6, 6.07) is 13.3. The van der Waals surface area contributed by atoms with Gasteiger partial charge < -0.3 is 9.88 Å². The van der Waals surface area contributed by atoms with Crippen LogP contribution in [0.1, 0.15) is 43.2 Å². The van der Waals surface area contributed by atoms with Crippen molar-refractivity contribution in [1.29, 1.82) is 0 Å². The number of rotatable bonds is 8. The number of hydrogen-bond donors (Lipinski definition) is 1. The molecule has 0 spiro atoms. The molecule has 0 radical (unpaired) electrons. The molecule has 1 heterocycles. The Kier molecular flexibility index (Phi) is 7.42. The number of amides is 1. The van der Waals surface area contributed by atoms with Crippen molar-refractivity contribution in [3.63, 3.8) is 0 Å². The first kappa shape index (κ1) is 23.4. The lowest BCUT2D eigenvalue weighted by Crippen LogP contribution is -2.26. The van der Waals surface area contributed by atoms with E-state index in [1.165, 1.54) is 36.2 Å². The normalized spacial score (nSPS) is 14.3. The minimum Gasteiger partial charge on any atom is -0.355 e. The van der Waals surface area contributed by atoms with Gasteiger partial charge in [-0.3, -0.25) is 4.79 Å². The van der Waals surface area contributed by atoms with Crippen LogP contribution in [0, 0.1) is 0 Å². The fraction of sp³-hybridized carbons (Fsp3) is 0.360. The summed E-state index contributed by atoms with van der Waals surface area (Å²) >= 11 is 1.24. The summed E-state index contributed by atoms with van der Waals surface area (Å²) in [6.45, 7) is 1.06. The zero-order chi connectivity index (χ0) is 23.3. The lowest BCUT2D eigenvalue weighted by molar-refractivity contribution is -0.137. The molecule has 0 fully saturated rings. The molecule has 0 saturated heterocycles. The van der Waals surface area contributed by atoms with Gasteiger partial charge in [0, 0.05) is 6.54 Å². The number of aromatic nitrogens is 2. The number of fused-ring (bicyclic) bond motifs is 1. The Labute approximate surface area is 195 Å². The molecule has 1 aliphatic rings. The van der Waals surface area contributed by atoms with Crippen LogP contribution >= 0.6 is 11.8 Å². The van der Waals surface area contributed by atoms with E-state index in [4.69, 9.17) is 0 Å². The van der Waals surface area contributed by atoms with Crippen LogP contribution in [-0.2, 0) is 17.5 Å². The zero-order valence-electron chi connectivity index (χ0n) is 18.2. The number of nitrogens with zero attached hydrogens (tertiary/aromatic N) is 2. The van der Waals surface area contributed by atoms with Crippen molar-refractivity contribution in [1.82, 2.24) is 14.9 Å². The predicted octanol–water partition coefficient (Wildman–Crippen LogP) is 6.20. The zero-order valence-corrected chi connectivity index (χ0v) is 19.0. The fourth-order valence-corrected chi connectivity index (χ4v) is 4.83. The van der Waals surface area contributed by atoms with E-state index in [2.05, 4.69) is 16.4 Å². The average molecular weight is 474 g/mol. The number of halogens is 3. The quantitative estimate of drug-likeness (QED) is 0.313. The SMILES string of the molecule is O=C(CSc1nc2cc(C(F)(F)F)ccc2n1Cc1ccccc1)NCCC1=CCCCC1. The lowest BCUT2D eigenvalue weighted by atomic mass is 9.97. The van der Waals surface area contributed by atoms with Crippen LogP contribution in [0.4, 0.5) is 13.2 Å². The summed E-state index contributed by atoms with van der Waals surface area (Å²) in [5.41, 5.74) is 2.56. The van der Waals surface area contributed by atoms with Gasteiger partial charge in [-0.1, -0.05) is 53.7 Å². The van der Waals surface area contributed by atoms with Crippen molar-refractivity contribution in [3.8, 4) is 0 Å². The summed E-state index contributed by atoms with van der Waals surface area (Å²) in [6.07, 6.45) is 3.37. The number of allylic oxidation sites excluding steroid dienone is 1. The van der Waals surface area contributed by atoms with Crippen molar-refractivity contribution in [2.75, 3.05) is 12.3 Å². The van der Waals surface area contributed by atoms with Crippen molar-refractivity contribution in [2.24, 2.45) is 0 Å². The van der Waals surface area contributed by atoms with E-state index in [9.17, 15) is 18.0 Å². The minimum atomic E-state index is -4.43. The molecular formula is C25H26F3N3OS. The number of imidazole rings is 1. The third-order valence-corrected chi connectivity index (χ3v) is 6.69. The highest BCUT2D eigenvalue weighted by Gasteiger charge is 2.31. The van der Waals surface area contributed by atoms with E-state index < -0.39 is 11.7 Å². The Balaban J connectivity index is 1.48. The Morgan fingerprint density at radius 3 is 2.67 bits per heavy atom. The van der Waals surface area contributed by atoms with Gasteiger partial charge >= 0.3 is 6.18 Å². The monoisotopic (exact) mass is 473 g/mol. The molecule has 1 N–H and O–H groups in total. The molecule has 1 amide bonds. The second-order valence-corrected chi connectivity index (χ2v) is 9.11. The smallest absolute Gasteiger partial charge is 0.355 e. The molecule has 174 valence electrons. The van der Waals surface area contributed by atoms with Gasteiger partial charge in [0.05, 0.1) is 28.9 Å². The van der Waals surface area contributed by atoms with Crippen molar-refractivity contribution >= 4 is 28.7 Å². The van der Waals surface area contributed by atoms with Crippen LogP contribution in [-0.4, -0.2) is 27.8 Å². The maximum Gasteiger partial charge on any atom is 0.416 e. The van der Waals surface area contributed by atoms with E-state index in [-0.39, 0.29) is 17.2 Å². The van der Waals surface area contributed by atoms with Crippen molar-refractivity contribution in [2.45, 2.75) is 50.0 Å². The van der Waals surface area contributed by atoms with E-state index in [1.807, 2.05) is 34.9 Å². The molecule has 1 aromatic heterocycles. The van der Waals surface area contributed by atoms with Crippen molar-refractivity contribution in [3.05, 3.63) is 71.3 Å². The van der Waals surface area contributed by atoms with Gasteiger partial charge in [0.25, 0.3) is 0 Å². The van der Waals surface area contributed by atoms with Crippen LogP contribution < -0.4 is 5.32 Å². The summed E-state index contributed by atoms with van der Waals surface area (Å²) < 4.78 is 41.4. The van der Waals surface area contributed by atoms with Crippen LogP contribution in [0.5, 0.6) is 0 Å². The summed E-state index contributed by atoms with van der Waals surface area (Å²) in [7, 11) is 0. The van der Waals surface area contributed by atoms with Crippen molar-refractivity contribution < 1.29 is 18.0 Å². The highest BCUT2D eigenvalue weighted by Crippen LogP contribution is 2.33. The predicted molar refractivity (Wildman–Crippen MR) is 125 cm³/mol. The molecular weight excluding hydrogens is 447 g/mol. The van der Waals surface area contributed by atoms with Gasteiger partial charge in [-0.15, -0.1) is 0 Å². The number of alkyl halides is 3. The van der Waals surface area contributed by atoms with Gasteiger partial charge in [-0.25, -0.2) is 4.98 Å². The van der Waals surface area contributed by atoms with E-state index >= 15 is 0 Å². The first-order valence-corrected chi connectivity index (χ1v) is 12.1. The largest absolute Gasteiger partial charge is 0.416 e. The van der Waals surface area contributed by atoms with Crippen LogP contribution in [0.15, 0.2) is 65.3 Å². The molecule has 0 aliphatic heterocycles. The summed E-state index contributed by atoms with van der Waals surface area (Å²) in [4.78, 5) is 16.8. The summed E-state index contributed by atoms with van der Waals surface area (Å²) in [5, 5.41) is 3.47. The minimum absolute atomic E-state index is 0.106. The van der Waals surface area contributed by atoms with Gasteiger partial charge in [-0.2, -0.15) is 13.2 Å². The first-order chi connectivity index (χ1) is 15.9. The molecule has 0 atom stereocenters. The molecule has 33 heavy (non-hydrogen) atoms. The van der Waals surface area contributed by atoms with Gasteiger partial charge in [-0.05, 0) is 55.9 Å². The van der Waals surface area contributed by atoms with Gasteiger partial charge in [0.1, 0.15) is 0 Å². The van der Waals surface area contributed by atoms with E-state index in [0.717, 1.165) is 37.0 Å². The Morgan fingerprint density at radius 1 is 1.12 bits per heavy atom. The second-order valence-electron chi connectivity index (χ2n) is 8.16. The molecule has 0 unspecified atom stereocenters. The maximum absolute atomic E-state index is 13.2. The Morgan fingerprint density at radius 2 is 1.94 bits per heavy atom. The molecule has 1 aliphatic carbocycles. The number of carbonyl (C=O) groups excluding carboxylic acids is 1. The van der Waals surface area contributed by atoms with E-state index in [0.29, 0.717) is 23.8 Å². The maximum atomic E-state index is 13.2.